The first-order valence-corrected chi connectivity index (χ1v) is 11.9. The number of unbranched alkanes of at least 4 members (excludes halogenated alkanes) is 6. The molecule has 0 radical (unpaired) electrons. The van der Waals surface area contributed by atoms with E-state index < -0.39 is 11.5 Å². The Morgan fingerprint density at radius 1 is 0.871 bits per heavy atom. The minimum absolute atomic E-state index is 0.0589. The van der Waals surface area contributed by atoms with Gasteiger partial charge in [0.05, 0.1) is 12.5 Å². The van der Waals surface area contributed by atoms with Gasteiger partial charge >= 0.3 is 11.9 Å². The number of esters is 2. The molecule has 0 aromatic carbocycles. The lowest BCUT2D eigenvalue weighted by Crippen LogP contribution is -2.49. The highest BCUT2D eigenvalue weighted by Gasteiger charge is 2.31. The molecule has 0 saturated heterocycles. The van der Waals surface area contributed by atoms with Crippen LogP contribution in [0.2, 0.25) is 0 Å². The number of amides is 1. The molecule has 0 aliphatic rings. The highest BCUT2D eigenvalue weighted by Crippen LogP contribution is 2.23. The summed E-state index contributed by atoms with van der Waals surface area (Å²) >= 11 is 0. The van der Waals surface area contributed by atoms with E-state index in [1.807, 2.05) is 41.5 Å². The molecule has 6 heteroatoms. The van der Waals surface area contributed by atoms with E-state index in [-0.39, 0.29) is 42.3 Å². The summed E-state index contributed by atoms with van der Waals surface area (Å²) in [6, 6.07) is -0.334. The predicted molar refractivity (Wildman–Crippen MR) is 125 cm³/mol. The molecule has 31 heavy (non-hydrogen) atoms. The van der Waals surface area contributed by atoms with E-state index >= 15 is 0 Å². The third-order valence-electron chi connectivity index (χ3n) is 5.18. The molecular weight excluding hydrogens is 394 g/mol. The van der Waals surface area contributed by atoms with Crippen LogP contribution >= 0.6 is 0 Å². The van der Waals surface area contributed by atoms with Crippen molar-refractivity contribution in [3.8, 4) is 0 Å². The molecule has 0 rings (SSSR count). The molecule has 6 nitrogen and oxygen atoms in total. The normalized spacial score (nSPS) is 13.9. The molecule has 0 saturated carbocycles. The Hall–Kier alpha value is -1.59. The van der Waals surface area contributed by atoms with Crippen molar-refractivity contribution in [1.29, 1.82) is 0 Å². The Balaban J connectivity index is 5.01. The fraction of sp³-hybridized carbons (Fsp3) is 0.880. The number of rotatable bonds is 14. The molecule has 0 aliphatic heterocycles. The summed E-state index contributed by atoms with van der Waals surface area (Å²) in [4.78, 5) is 36.7. The van der Waals surface area contributed by atoms with Crippen molar-refractivity contribution in [2.24, 2.45) is 11.3 Å². The Morgan fingerprint density at radius 3 is 1.90 bits per heavy atom. The van der Waals surface area contributed by atoms with E-state index in [1.165, 1.54) is 32.6 Å². The zero-order chi connectivity index (χ0) is 24.1. The van der Waals surface area contributed by atoms with Crippen LogP contribution in [0.15, 0.2) is 0 Å². The van der Waals surface area contributed by atoms with Gasteiger partial charge in [-0.05, 0) is 32.6 Å². The molecule has 1 amide bonds. The van der Waals surface area contributed by atoms with Crippen molar-refractivity contribution in [2.75, 3.05) is 6.61 Å². The maximum Gasteiger partial charge on any atom is 0.307 e. The van der Waals surface area contributed by atoms with Gasteiger partial charge in [-0.15, -0.1) is 0 Å². The fourth-order valence-corrected chi connectivity index (χ4v) is 3.26. The number of ether oxygens (including phenoxy) is 2. The van der Waals surface area contributed by atoms with Crippen LogP contribution in [-0.2, 0) is 23.9 Å². The molecule has 0 heterocycles. The summed E-state index contributed by atoms with van der Waals surface area (Å²) in [5, 5.41) is 3.03. The molecule has 1 N–H and O–H groups in total. The van der Waals surface area contributed by atoms with Crippen molar-refractivity contribution in [1.82, 2.24) is 5.32 Å². The molecule has 0 fully saturated rings. The van der Waals surface area contributed by atoms with Crippen LogP contribution in [0.1, 0.15) is 113 Å². The Kier molecular flexibility index (Phi) is 13.7. The van der Waals surface area contributed by atoms with Crippen molar-refractivity contribution in [2.45, 2.75) is 125 Å². The second kappa shape index (κ2) is 14.5. The zero-order valence-corrected chi connectivity index (χ0v) is 21.3. The van der Waals surface area contributed by atoms with Gasteiger partial charge in [0, 0.05) is 12.8 Å². The van der Waals surface area contributed by atoms with Crippen LogP contribution < -0.4 is 5.32 Å². The van der Waals surface area contributed by atoms with Crippen molar-refractivity contribution < 1.29 is 23.9 Å². The Bertz CT molecular complexity index is 545. The lowest BCUT2D eigenvalue weighted by atomic mass is 9.86. The predicted octanol–water partition coefficient (Wildman–Crippen LogP) is 5.57. The van der Waals surface area contributed by atoms with Crippen LogP contribution in [0.4, 0.5) is 0 Å². The van der Waals surface area contributed by atoms with Crippen LogP contribution in [-0.4, -0.2) is 36.1 Å². The van der Waals surface area contributed by atoms with E-state index in [4.69, 9.17) is 9.47 Å². The third-order valence-corrected chi connectivity index (χ3v) is 5.18. The second-order valence-corrected chi connectivity index (χ2v) is 10.6. The van der Waals surface area contributed by atoms with Crippen molar-refractivity contribution >= 4 is 17.8 Å². The summed E-state index contributed by atoms with van der Waals surface area (Å²) in [5.74, 6) is -1.36. The molecule has 0 aromatic heterocycles. The van der Waals surface area contributed by atoms with Crippen LogP contribution in [0.25, 0.3) is 0 Å². The quantitative estimate of drug-likeness (QED) is 0.281. The van der Waals surface area contributed by atoms with Gasteiger partial charge in [-0.3, -0.25) is 14.4 Å². The number of hydrogen-bond donors (Lipinski definition) is 1. The first-order valence-electron chi connectivity index (χ1n) is 11.9. The molecular formula is C25H47NO5. The van der Waals surface area contributed by atoms with Gasteiger partial charge in [0.1, 0.15) is 12.2 Å². The highest BCUT2D eigenvalue weighted by molar-refractivity contribution is 5.84. The maximum absolute atomic E-state index is 13.1. The van der Waals surface area contributed by atoms with Gasteiger partial charge in [-0.1, -0.05) is 72.6 Å². The number of carbonyl (C=O) groups is 3. The average molecular weight is 442 g/mol. The summed E-state index contributed by atoms with van der Waals surface area (Å²) < 4.78 is 10.6. The SMILES string of the molecule is CCCCCCCCC[C@H](CC(=O)OC(C)(C)C)C(=O)N[C@H](COC(C)=O)C(C)(C)C. The van der Waals surface area contributed by atoms with Gasteiger partial charge < -0.3 is 14.8 Å². The van der Waals surface area contributed by atoms with E-state index in [9.17, 15) is 14.4 Å². The van der Waals surface area contributed by atoms with Gasteiger partial charge in [-0.2, -0.15) is 0 Å². The minimum atomic E-state index is -0.583. The lowest BCUT2D eigenvalue weighted by molar-refractivity contribution is -0.157. The Morgan fingerprint density at radius 2 is 1.42 bits per heavy atom. The summed E-state index contributed by atoms with van der Waals surface area (Å²) in [5.41, 5.74) is -0.873. The lowest BCUT2D eigenvalue weighted by Gasteiger charge is -2.32. The minimum Gasteiger partial charge on any atom is -0.464 e. The van der Waals surface area contributed by atoms with E-state index in [0.29, 0.717) is 6.42 Å². The van der Waals surface area contributed by atoms with Gasteiger partial charge in [0.25, 0.3) is 0 Å². The van der Waals surface area contributed by atoms with E-state index in [0.717, 1.165) is 19.3 Å². The number of nitrogens with one attached hydrogen (secondary N) is 1. The standard InChI is InChI=1S/C25H47NO5/c1-9-10-11-12-13-14-15-16-20(17-22(28)31-25(6,7)8)23(29)26-21(24(3,4)5)18-30-19(2)27/h20-21H,9-18H2,1-8H3,(H,26,29)/t20-,21-/m1/s1. The summed E-state index contributed by atoms with van der Waals surface area (Å²) in [7, 11) is 0. The first kappa shape index (κ1) is 29.4. The largest absolute Gasteiger partial charge is 0.464 e. The first-order chi connectivity index (χ1) is 14.3. The van der Waals surface area contributed by atoms with Gasteiger partial charge in [0.15, 0.2) is 0 Å². The fourth-order valence-electron chi connectivity index (χ4n) is 3.26. The molecule has 0 bridgehead atoms. The third kappa shape index (κ3) is 15.8. The number of hydrogen-bond acceptors (Lipinski definition) is 5. The van der Waals surface area contributed by atoms with Crippen molar-refractivity contribution in [3.63, 3.8) is 0 Å². The summed E-state index contributed by atoms with van der Waals surface area (Å²) in [6.45, 7) is 15.1. The molecule has 0 unspecified atom stereocenters. The molecule has 2 atom stereocenters. The zero-order valence-electron chi connectivity index (χ0n) is 21.3. The molecule has 0 aliphatic carbocycles. The molecule has 182 valence electrons. The van der Waals surface area contributed by atoms with E-state index in [1.54, 1.807) is 0 Å². The van der Waals surface area contributed by atoms with Crippen molar-refractivity contribution in [3.05, 3.63) is 0 Å². The second-order valence-electron chi connectivity index (χ2n) is 10.6. The topological polar surface area (TPSA) is 81.7 Å². The van der Waals surface area contributed by atoms with Gasteiger partial charge in [0.2, 0.25) is 5.91 Å². The highest BCUT2D eigenvalue weighted by atomic mass is 16.6. The van der Waals surface area contributed by atoms with Crippen LogP contribution in [0.3, 0.4) is 0 Å². The molecule has 0 spiro atoms. The average Bonchev–Trinajstić information content (AvgIpc) is 2.60. The monoisotopic (exact) mass is 441 g/mol. The number of carbonyl (C=O) groups excluding carboxylic acids is 3. The summed E-state index contributed by atoms with van der Waals surface area (Å²) in [6.07, 6.45) is 8.76. The van der Waals surface area contributed by atoms with E-state index in [2.05, 4.69) is 12.2 Å². The smallest absolute Gasteiger partial charge is 0.307 e. The van der Waals surface area contributed by atoms with Crippen LogP contribution in [0.5, 0.6) is 0 Å². The van der Waals surface area contributed by atoms with Crippen LogP contribution in [0, 0.1) is 11.3 Å². The van der Waals surface area contributed by atoms with Gasteiger partial charge in [-0.25, -0.2) is 0 Å². The maximum atomic E-state index is 13.1. The molecule has 0 aromatic rings. The Labute approximate surface area is 190 Å².